The topological polar surface area (TPSA) is 63.0 Å². The SMILES string of the molecule is C/C(N)=C1/NCCC(Nc2ccc(Cl)cc2)c2cc(-c3cccnc3)ccc21. The predicted molar refractivity (Wildman–Crippen MR) is 117 cm³/mol. The standard InChI is InChI=1S/C23H23ClN4/c1-15(25)23-20-9-4-16(17-3-2-11-26-14-17)13-21(20)22(10-12-27-23)28-19-7-5-18(24)6-8-19/h2-9,11,13-14,22,27-28H,10,12,25H2,1H3/b23-15-. The molecule has 0 aliphatic carbocycles. The number of hydrogen-bond acceptors (Lipinski definition) is 4. The fraction of sp³-hybridized carbons (Fsp3) is 0.174. The highest BCUT2D eigenvalue weighted by Crippen LogP contribution is 2.35. The van der Waals surface area contributed by atoms with Gasteiger partial charge in [-0.05, 0) is 66.4 Å². The van der Waals surface area contributed by atoms with Crippen LogP contribution in [0.5, 0.6) is 0 Å². The molecule has 0 amide bonds. The van der Waals surface area contributed by atoms with Crippen LogP contribution in [0.3, 0.4) is 0 Å². The van der Waals surface area contributed by atoms with Crippen molar-refractivity contribution in [1.82, 2.24) is 10.3 Å². The molecule has 0 spiro atoms. The summed E-state index contributed by atoms with van der Waals surface area (Å²) in [4.78, 5) is 4.26. The number of anilines is 1. The van der Waals surface area contributed by atoms with Gasteiger partial charge < -0.3 is 16.4 Å². The monoisotopic (exact) mass is 390 g/mol. The molecule has 1 aliphatic heterocycles. The smallest absolute Gasteiger partial charge is 0.0605 e. The van der Waals surface area contributed by atoms with Crippen LogP contribution in [0.4, 0.5) is 5.69 Å². The van der Waals surface area contributed by atoms with E-state index in [0.29, 0.717) is 0 Å². The zero-order valence-corrected chi connectivity index (χ0v) is 16.5. The van der Waals surface area contributed by atoms with Crippen molar-refractivity contribution in [2.24, 2.45) is 5.73 Å². The summed E-state index contributed by atoms with van der Waals surface area (Å²) in [6.45, 7) is 2.78. The molecule has 1 atom stereocenters. The van der Waals surface area contributed by atoms with Gasteiger partial charge in [-0.1, -0.05) is 29.8 Å². The number of halogens is 1. The third-order valence-electron chi connectivity index (χ3n) is 5.01. The number of allylic oxidation sites excluding steroid dienone is 1. The highest BCUT2D eigenvalue weighted by atomic mass is 35.5. The Kier molecular flexibility index (Phi) is 5.22. The maximum Gasteiger partial charge on any atom is 0.0605 e. The van der Waals surface area contributed by atoms with Gasteiger partial charge >= 0.3 is 0 Å². The van der Waals surface area contributed by atoms with Gasteiger partial charge in [0, 0.05) is 40.9 Å². The minimum absolute atomic E-state index is 0.150. The lowest BCUT2D eigenvalue weighted by Crippen LogP contribution is -2.16. The Hall–Kier alpha value is -2.98. The number of nitrogens with two attached hydrogens (primary N) is 1. The van der Waals surface area contributed by atoms with E-state index >= 15 is 0 Å². The van der Waals surface area contributed by atoms with E-state index < -0.39 is 0 Å². The molecule has 28 heavy (non-hydrogen) atoms. The predicted octanol–water partition coefficient (Wildman–Crippen LogP) is 5.20. The third-order valence-corrected chi connectivity index (χ3v) is 5.26. The van der Waals surface area contributed by atoms with Crippen molar-refractivity contribution in [3.8, 4) is 11.1 Å². The van der Waals surface area contributed by atoms with E-state index in [4.69, 9.17) is 17.3 Å². The van der Waals surface area contributed by atoms with Gasteiger partial charge in [0.05, 0.1) is 11.7 Å². The van der Waals surface area contributed by atoms with Crippen LogP contribution < -0.4 is 16.4 Å². The van der Waals surface area contributed by atoms with Gasteiger partial charge in [0.1, 0.15) is 0 Å². The molecule has 1 unspecified atom stereocenters. The molecule has 1 aromatic heterocycles. The second-order valence-corrected chi connectivity index (χ2v) is 7.46. The molecule has 142 valence electrons. The Balaban J connectivity index is 1.79. The zero-order chi connectivity index (χ0) is 19.5. The number of fused-ring (bicyclic) bond motifs is 1. The average molecular weight is 391 g/mol. The van der Waals surface area contributed by atoms with Crippen molar-refractivity contribution in [2.45, 2.75) is 19.4 Å². The number of aromatic nitrogens is 1. The largest absolute Gasteiger partial charge is 0.401 e. The van der Waals surface area contributed by atoms with Crippen LogP contribution in [-0.4, -0.2) is 11.5 Å². The molecular formula is C23H23ClN4. The van der Waals surface area contributed by atoms with Gasteiger partial charge in [0.25, 0.3) is 0 Å². The van der Waals surface area contributed by atoms with E-state index in [0.717, 1.165) is 51.8 Å². The second-order valence-electron chi connectivity index (χ2n) is 7.02. The Morgan fingerprint density at radius 1 is 1.14 bits per heavy atom. The molecule has 0 fully saturated rings. The van der Waals surface area contributed by atoms with Crippen molar-refractivity contribution in [3.05, 3.63) is 88.8 Å². The summed E-state index contributed by atoms with van der Waals surface area (Å²) in [6.07, 6.45) is 4.62. The van der Waals surface area contributed by atoms with Crippen molar-refractivity contribution in [1.29, 1.82) is 0 Å². The van der Waals surface area contributed by atoms with Crippen LogP contribution in [0.1, 0.15) is 30.5 Å². The van der Waals surface area contributed by atoms with Crippen LogP contribution in [0.25, 0.3) is 16.8 Å². The van der Waals surface area contributed by atoms with Gasteiger partial charge in [-0.3, -0.25) is 4.98 Å². The lowest BCUT2D eigenvalue weighted by Gasteiger charge is -2.21. The molecule has 4 nitrogen and oxygen atoms in total. The Labute approximate surface area is 170 Å². The molecule has 3 aromatic rings. The van der Waals surface area contributed by atoms with E-state index in [9.17, 15) is 0 Å². The first-order valence-corrected chi connectivity index (χ1v) is 9.76. The minimum atomic E-state index is 0.150. The molecule has 1 aliphatic rings. The maximum absolute atomic E-state index is 6.19. The highest BCUT2D eigenvalue weighted by Gasteiger charge is 2.22. The summed E-state index contributed by atoms with van der Waals surface area (Å²) in [6, 6.07) is 18.5. The molecule has 2 aromatic carbocycles. The Bertz CT molecular complexity index is 993. The number of rotatable bonds is 3. The first kappa shape index (κ1) is 18.4. The van der Waals surface area contributed by atoms with Gasteiger partial charge in [-0.2, -0.15) is 0 Å². The average Bonchev–Trinajstić information content (AvgIpc) is 2.89. The molecule has 0 saturated heterocycles. The minimum Gasteiger partial charge on any atom is -0.401 e. The summed E-state index contributed by atoms with van der Waals surface area (Å²) in [7, 11) is 0. The Morgan fingerprint density at radius 2 is 1.96 bits per heavy atom. The van der Waals surface area contributed by atoms with Gasteiger partial charge in [0.15, 0.2) is 0 Å². The molecule has 0 radical (unpaired) electrons. The van der Waals surface area contributed by atoms with Crippen LogP contribution in [-0.2, 0) is 0 Å². The Morgan fingerprint density at radius 3 is 2.68 bits per heavy atom. The van der Waals surface area contributed by atoms with Crippen LogP contribution in [0, 0.1) is 0 Å². The first-order chi connectivity index (χ1) is 13.6. The van der Waals surface area contributed by atoms with Gasteiger partial charge in [-0.25, -0.2) is 0 Å². The van der Waals surface area contributed by atoms with Crippen molar-refractivity contribution in [2.75, 3.05) is 11.9 Å². The number of benzene rings is 2. The summed E-state index contributed by atoms with van der Waals surface area (Å²) in [5.74, 6) is 0. The lowest BCUT2D eigenvalue weighted by molar-refractivity contribution is 0.683. The molecule has 4 rings (SSSR count). The van der Waals surface area contributed by atoms with Crippen molar-refractivity contribution >= 4 is 23.0 Å². The number of nitrogens with zero attached hydrogens (tertiary/aromatic N) is 1. The molecule has 4 N–H and O–H groups in total. The number of pyridine rings is 1. The molecular weight excluding hydrogens is 368 g/mol. The van der Waals surface area contributed by atoms with Crippen LogP contribution in [0.15, 0.2) is 72.7 Å². The van der Waals surface area contributed by atoms with Gasteiger partial charge in [-0.15, -0.1) is 0 Å². The van der Waals surface area contributed by atoms with E-state index in [1.54, 1.807) is 6.20 Å². The summed E-state index contributed by atoms with van der Waals surface area (Å²) in [5.41, 5.74) is 13.6. The second kappa shape index (κ2) is 7.95. The number of nitrogens with one attached hydrogen (secondary N) is 2. The fourth-order valence-corrected chi connectivity index (χ4v) is 3.76. The number of hydrogen-bond donors (Lipinski definition) is 3. The molecule has 0 saturated carbocycles. The summed E-state index contributed by atoms with van der Waals surface area (Å²) >= 11 is 6.04. The molecule has 5 heteroatoms. The zero-order valence-electron chi connectivity index (χ0n) is 15.7. The maximum atomic E-state index is 6.19. The fourth-order valence-electron chi connectivity index (χ4n) is 3.63. The van der Waals surface area contributed by atoms with Crippen molar-refractivity contribution in [3.63, 3.8) is 0 Å². The first-order valence-electron chi connectivity index (χ1n) is 9.39. The van der Waals surface area contributed by atoms with E-state index in [-0.39, 0.29) is 6.04 Å². The third kappa shape index (κ3) is 3.82. The van der Waals surface area contributed by atoms with Gasteiger partial charge in [0.2, 0.25) is 0 Å². The van der Waals surface area contributed by atoms with Crippen LogP contribution in [0.2, 0.25) is 5.02 Å². The van der Waals surface area contributed by atoms with E-state index in [1.807, 2.05) is 43.5 Å². The quantitative estimate of drug-likeness (QED) is 0.575. The van der Waals surface area contributed by atoms with Crippen LogP contribution >= 0.6 is 11.6 Å². The van der Waals surface area contributed by atoms with Crippen molar-refractivity contribution < 1.29 is 0 Å². The van der Waals surface area contributed by atoms with E-state index in [1.165, 1.54) is 5.56 Å². The molecule has 0 bridgehead atoms. The molecule has 2 heterocycles. The summed E-state index contributed by atoms with van der Waals surface area (Å²) < 4.78 is 0. The van der Waals surface area contributed by atoms with E-state index in [2.05, 4.69) is 39.9 Å². The summed E-state index contributed by atoms with van der Waals surface area (Å²) in [5, 5.41) is 7.90. The normalized spacial score (nSPS) is 17.9. The lowest BCUT2D eigenvalue weighted by atomic mass is 9.93. The highest BCUT2D eigenvalue weighted by molar-refractivity contribution is 6.30.